The summed E-state index contributed by atoms with van der Waals surface area (Å²) in [7, 11) is 0. The molecule has 2 saturated heterocycles. The highest BCUT2D eigenvalue weighted by Gasteiger charge is 2.20. The van der Waals surface area contributed by atoms with Crippen molar-refractivity contribution in [2.45, 2.75) is 44.9 Å². The van der Waals surface area contributed by atoms with Gasteiger partial charge in [-0.25, -0.2) is 0 Å². The van der Waals surface area contributed by atoms with E-state index in [-0.39, 0.29) is 6.61 Å². The first kappa shape index (κ1) is 30.7. The lowest BCUT2D eigenvalue weighted by molar-refractivity contribution is 0.168. The number of aliphatic hydroxyl groups is 1. The topological polar surface area (TPSA) is 60.0 Å². The van der Waals surface area contributed by atoms with Crippen LogP contribution in [0.25, 0.3) is 0 Å². The van der Waals surface area contributed by atoms with E-state index >= 15 is 0 Å². The third-order valence-electron chi connectivity index (χ3n) is 7.47. The maximum Gasteiger partial charge on any atom is 0.133 e. The number of nitrogens with zero attached hydrogens (tertiary/aromatic N) is 2. The van der Waals surface area contributed by atoms with Crippen molar-refractivity contribution < 1.29 is 9.84 Å². The quantitative estimate of drug-likeness (QED) is 0.306. The van der Waals surface area contributed by atoms with Gasteiger partial charge in [-0.1, -0.05) is 66.7 Å². The predicted molar refractivity (Wildman–Crippen MR) is 168 cm³/mol. The fraction of sp³-hybridized carbons (Fsp3) is 0.455. The Balaban J connectivity index is 0.000000201. The zero-order valence-corrected chi connectivity index (χ0v) is 25.4. The molecule has 2 aliphatic heterocycles. The number of hydrogen-bond acceptors (Lipinski definition) is 6. The number of hydrogen-bond donors (Lipinski definition) is 3. The average molecular weight is 610 g/mol. The largest absolute Gasteiger partial charge is 0.492 e. The van der Waals surface area contributed by atoms with E-state index < -0.39 is 0 Å². The van der Waals surface area contributed by atoms with Crippen molar-refractivity contribution in [3.05, 3.63) is 100 Å². The van der Waals surface area contributed by atoms with Gasteiger partial charge in [0.25, 0.3) is 0 Å². The third-order valence-corrected chi connectivity index (χ3v) is 8.12. The summed E-state index contributed by atoms with van der Waals surface area (Å²) < 4.78 is 6.99. The summed E-state index contributed by atoms with van der Waals surface area (Å²) in [6, 6.07) is 28.4. The van der Waals surface area contributed by atoms with E-state index in [4.69, 9.17) is 9.84 Å². The normalized spacial score (nSPS) is 20.0. The molecule has 2 atom stereocenters. The molecule has 0 saturated carbocycles. The van der Waals surface area contributed by atoms with Crippen molar-refractivity contribution in [2.75, 3.05) is 52.5 Å². The highest BCUT2D eigenvalue weighted by Crippen LogP contribution is 2.26. The van der Waals surface area contributed by atoms with Crippen LogP contribution in [0.15, 0.2) is 83.3 Å². The van der Waals surface area contributed by atoms with Crippen LogP contribution in [0.4, 0.5) is 0 Å². The summed E-state index contributed by atoms with van der Waals surface area (Å²) in [5, 5.41) is 16.0. The molecule has 2 heterocycles. The molecule has 2 aliphatic rings. The third kappa shape index (κ3) is 10.6. The molecule has 6 nitrogen and oxygen atoms in total. The van der Waals surface area contributed by atoms with Gasteiger partial charge in [0.15, 0.2) is 0 Å². The minimum atomic E-state index is 0.275. The number of halogens is 1. The molecule has 0 radical (unpaired) electrons. The molecule has 40 heavy (non-hydrogen) atoms. The summed E-state index contributed by atoms with van der Waals surface area (Å²) in [6.07, 6.45) is 1.87. The second-order valence-electron chi connectivity index (χ2n) is 10.8. The van der Waals surface area contributed by atoms with Crippen LogP contribution in [0.2, 0.25) is 0 Å². The monoisotopic (exact) mass is 608 g/mol. The molecule has 3 N–H and O–H groups in total. The van der Waals surface area contributed by atoms with E-state index in [0.717, 1.165) is 82.0 Å². The first-order valence-electron chi connectivity index (χ1n) is 14.6. The van der Waals surface area contributed by atoms with Crippen molar-refractivity contribution in [3.63, 3.8) is 0 Å². The van der Waals surface area contributed by atoms with E-state index in [1.165, 1.54) is 16.7 Å². The van der Waals surface area contributed by atoms with Crippen molar-refractivity contribution in [3.8, 4) is 5.75 Å². The van der Waals surface area contributed by atoms with Gasteiger partial charge in [-0.2, -0.15) is 0 Å². The van der Waals surface area contributed by atoms with Crippen LogP contribution in [0.1, 0.15) is 29.5 Å². The van der Waals surface area contributed by atoms with E-state index in [0.29, 0.717) is 12.1 Å². The second kappa shape index (κ2) is 16.9. The molecule has 0 spiro atoms. The predicted octanol–water partition coefficient (Wildman–Crippen LogP) is 4.84. The van der Waals surface area contributed by atoms with E-state index in [2.05, 4.69) is 116 Å². The number of piperazine rings is 2. The molecule has 0 aliphatic carbocycles. The lowest BCUT2D eigenvalue weighted by atomic mass is 10.1. The van der Waals surface area contributed by atoms with E-state index in [1.54, 1.807) is 0 Å². The minimum Gasteiger partial charge on any atom is -0.492 e. The minimum absolute atomic E-state index is 0.275. The van der Waals surface area contributed by atoms with Crippen molar-refractivity contribution in [1.82, 2.24) is 20.4 Å². The SMILES string of the molecule is Cc1ccc(Br)c(OCC[C@H]2CN(Cc3ccccc3)CCN2)c1.OCC[C@H]1CN(Cc2ccccc2)CCN1. The Hall–Kier alpha value is -2.26. The molecular formula is C33H45BrN4O2. The number of aliphatic hydroxyl groups excluding tert-OH is 1. The van der Waals surface area contributed by atoms with Crippen LogP contribution in [0, 0.1) is 6.92 Å². The Labute approximate surface area is 248 Å². The Bertz CT molecular complexity index is 1120. The van der Waals surface area contributed by atoms with Crippen LogP contribution in [0.5, 0.6) is 5.75 Å². The molecule has 0 bridgehead atoms. The number of nitrogens with one attached hydrogen (secondary N) is 2. The van der Waals surface area contributed by atoms with Crippen LogP contribution in [0.3, 0.4) is 0 Å². The molecule has 3 aromatic rings. The van der Waals surface area contributed by atoms with Crippen LogP contribution < -0.4 is 15.4 Å². The zero-order valence-electron chi connectivity index (χ0n) is 23.8. The summed E-state index contributed by atoms with van der Waals surface area (Å²) in [4.78, 5) is 4.98. The maximum absolute atomic E-state index is 8.94. The van der Waals surface area contributed by atoms with Crippen LogP contribution in [-0.2, 0) is 13.1 Å². The summed E-state index contributed by atoms with van der Waals surface area (Å²) in [6.45, 7) is 11.5. The summed E-state index contributed by atoms with van der Waals surface area (Å²) >= 11 is 3.55. The van der Waals surface area contributed by atoms with E-state index in [1.807, 2.05) is 6.07 Å². The number of rotatable bonds is 10. The van der Waals surface area contributed by atoms with Gasteiger partial charge in [0.1, 0.15) is 5.75 Å². The van der Waals surface area contributed by atoms with Crippen molar-refractivity contribution in [1.29, 1.82) is 0 Å². The molecule has 2 fully saturated rings. The Kier molecular flexibility index (Phi) is 12.9. The fourth-order valence-electron chi connectivity index (χ4n) is 5.33. The molecular weight excluding hydrogens is 564 g/mol. The van der Waals surface area contributed by atoms with Gasteiger partial charge in [0.05, 0.1) is 11.1 Å². The van der Waals surface area contributed by atoms with Gasteiger partial charge < -0.3 is 20.5 Å². The Morgan fingerprint density at radius 3 is 1.90 bits per heavy atom. The standard InChI is InChI=1S/C20H25BrN2O.C13H20N2O/c1-16-7-8-19(21)20(13-16)24-12-9-18-15-23(11-10-22-18)14-17-5-3-2-4-6-17;16-9-6-13-11-15(8-7-14-13)10-12-4-2-1-3-5-12/h2-8,13,18,22H,9-12,14-15H2,1H3;1-5,13-14,16H,6-11H2/t18-;13-/m00/s1. The molecule has 0 aromatic heterocycles. The zero-order chi connectivity index (χ0) is 28.0. The lowest BCUT2D eigenvalue weighted by Gasteiger charge is -2.33. The molecule has 0 amide bonds. The van der Waals surface area contributed by atoms with Gasteiger partial charge in [0.2, 0.25) is 0 Å². The average Bonchev–Trinajstić information content (AvgIpc) is 2.97. The lowest BCUT2D eigenvalue weighted by Crippen LogP contribution is -2.50. The summed E-state index contributed by atoms with van der Waals surface area (Å²) in [5.74, 6) is 0.937. The number of ether oxygens (including phenoxy) is 1. The van der Waals surface area contributed by atoms with Crippen molar-refractivity contribution >= 4 is 15.9 Å². The fourth-order valence-corrected chi connectivity index (χ4v) is 5.70. The van der Waals surface area contributed by atoms with Crippen LogP contribution in [-0.4, -0.2) is 79.5 Å². The van der Waals surface area contributed by atoms with Crippen molar-refractivity contribution in [2.24, 2.45) is 0 Å². The highest BCUT2D eigenvalue weighted by atomic mass is 79.9. The molecule has 0 unspecified atom stereocenters. The Morgan fingerprint density at radius 2 is 1.35 bits per heavy atom. The van der Waals surface area contributed by atoms with E-state index in [9.17, 15) is 0 Å². The molecule has 3 aromatic carbocycles. The first-order chi connectivity index (χ1) is 19.6. The van der Waals surface area contributed by atoms with Gasteiger partial charge in [-0.15, -0.1) is 0 Å². The first-order valence-corrected chi connectivity index (χ1v) is 15.4. The van der Waals surface area contributed by atoms with Gasteiger partial charge >= 0.3 is 0 Å². The van der Waals surface area contributed by atoms with Crippen LogP contribution >= 0.6 is 15.9 Å². The molecule has 216 valence electrons. The molecule has 5 rings (SSSR count). The second-order valence-corrected chi connectivity index (χ2v) is 11.7. The van der Waals surface area contributed by atoms with Gasteiger partial charge in [0, 0.05) is 71.0 Å². The van der Waals surface area contributed by atoms with Gasteiger partial charge in [-0.05, 0) is 64.5 Å². The summed E-state index contributed by atoms with van der Waals surface area (Å²) in [5.41, 5.74) is 3.98. The maximum atomic E-state index is 8.94. The van der Waals surface area contributed by atoms with Gasteiger partial charge in [-0.3, -0.25) is 9.80 Å². The Morgan fingerprint density at radius 1 is 0.800 bits per heavy atom. The number of aryl methyl sites for hydroxylation is 1. The number of benzene rings is 3. The smallest absolute Gasteiger partial charge is 0.133 e. The highest BCUT2D eigenvalue weighted by molar-refractivity contribution is 9.10. The molecule has 7 heteroatoms.